The summed E-state index contributed by atoms with van der Waals surface area (Å²) < 4.78 is 30.9. The normalized spacial score (nSPS) is 11.7. The molecule has 0 fully saturated rings. The summed E-state index contributed by atoms with van der Waals surface area (Å²) in [6, 6.07) is 1.55. The molecule has 21 heavy (non-hydrogen) atoms. The predicted octanol–water partition coefficient (Wildman–Crippen LogP) is 1.57. The molecule has 6 nitrogen and oxygen atoms in total. The maximum atomic E-state index is 11.6. The van der Waals surface area contributed by atoms with E-state index < -0.39 is 10.0 Å². The molecule has 0 aliphatic carbocycles. The van der Waals surface area contributed by atoms with E-state index in [0.29, 0.717) is 17.9 Å². The molecule has 2 N–H and O–H groups in total. The third-order valence-electron chi connectivity index (χ3n) is 3.57. The van der Waals surface area contributed by atoms with Crippen molar-refractivity contribution >= 4 is 10.0 Å². The molecule has 114 valence electrons. The monoisotopic (exact) mass is 309 g/mol. The molecule has 0 atom stereocenters. The van der Waals surface area contributed by atoms with Crippen LogP contribution in [0.25, 0.3) is 0 Å². The molecule has 1 heterocycles. The Morgan fingerprint density at radius 3 is 2.48 bits per heavy atom. The molecule has 0 unspecified atom stereocenters. The predicted molar refractivity (Wildman–Crippen MR) is 79.6 cm³/mol. The van der Waals surface area contributed by atoms with Gasteiger partial charge in [0.15, 0.2) is 0 Å². The van der Waals surface area contributed by atoms with Crippen LogP contribution in [-0.2, 0) is 23.7 Å². The van der Waals surface area contributed by atoms with Crippen molar-refractivity contribution < 1.29 is 13.2 Å². The number of rotatable bonds is 4. The van der Waals surface area contributed by atoms with E-state index in [2.05, 4.69) is 4.98 Å². The molecule has 0 aliphatic heterocycles. The second-order valence-electron chi connectivity index (χ2n) is 5.10. The average molecular weight is 309 g/mol. The zero-order chi connectivity index (χ0) is 15.8. The number of aryl methyl sites for hydroxylation is 2. The Labute approximate surface area is 124 Å². The lowest BCUT2D eigenvalue weighted by Crippen LogP contribution is -2.15. The van der Waals surface area contributed by atoms with Crippen LogP contribution in [0.2, 0.25) is 0 Å². The number of sulfonamides is 1. The minimum Gasteiger partial charge on any atom is -0.487 e. The molecule has 0 saturated carbocycles. The summed E-state index contributed by atoms with van der Waals surface area (Å²) in [5.41, 5.74) is 3.07. The number of nitrogens with zero attached hydrogens (tertiary/aromatic N) is 2. The molecule has 1 aromatic carbocycles. The van der Waals surface area contributed by atoms with E-state index in [1.165, 1.54) is 0 Å². The van der Waals surface area contributed by atoms with Gasteiger partial charge < -0.3 is 9.30 Å². The zero-order valence-corrected chi connectivity index (χ0v) is 13.4. The molecule has 0 amide bonds. The van der Waals surface area contributed by atoms with Crippen molar-refractivity contribution in [2.45, 2.75) is 32.3 Å². The smallest absolute Gasteiger partial charge is 0.238 e. The summed E-state index contributed by atoms with van der Waals surface area (Å²) in [5.74, 6) is 0.682. The van der Waals surface area contributed by atoms with Gasteiger partial charge in [-0.3, -0.25) is 0 Å². The fraction of sp³-hybridized carbons (Fsp3) is 0.357. The Morgan fingerprint density at radius 1 is 1.29 bits per heavy atom. The first-order valence-corrected chi connectivity index (χ1v) is 7.98. The van der Waals surface area contributed by atoms with Gasteiger partial charge in [-0.2, -0.15) is 0 Å². The summed E-state index contributed by atoms with van der Waals surface area (Å²) in [6.07, 6.45) is 3.43. The van der Waals surface area contributed by atoms with Gasteiger partial charge in [-0.1, -0.05) is 0 Å². The Balaban J connectivity index is 2.38. The largest absolute Gasteiger partial charge is 0.487 e. The van der Waals surface area contributed by atoms with Crippen LogP contribution >= 0.6 is 0 Å². The summed E-state index contributed by atoms with van der Waals surface area (Å²) in [4.78, 5) is 4.17. The maximum absolute atomic E-state index is 11.6. The van der Waals surface area contributed by atoms with Gasteiger partial charge in [0.2, 0.25) is 10.0 Å². The van der Waals surface area contributed by atoms with E-state index in [4.69, 9.17) is 9.88 Å². The van der Waals surface area contributed by atoms with E-state index >= 15 is 0 Å². The SMILES string of the molecule is Cc1cc(S(N)(=O)=O)c(C)c(C)c1OCc1cncn1C. The molecule has 0 aliphatic rings. The molecule has 0 saturated heterocycles. The van der Waals surface area contributed by atoms with Crippen molar-refractivity contribution in [1.29, 1.82) is 0 Å². The van der Waals surface area contributed by atoms with Crippen LogP contribution in [0.5, 0.6) is 5.75 Å². The molecule has 0 bridgehead atoms. The van der Waals surface area contributed by atoms with Crippen LogP contribution in [-0.4, -0.2) is 18.0 Å². The summed E-state index contributed by atoms with van der Waals surface area (Å²) in [6.45, 7) is 5.73. The number of aromatic nitrogens is 2. The number of primary sulfonamides is 1. The van der Waals surface area contributed by atoms with Crippen LogP contribution in [0.15, 0.2) is 23.5 Å². The van der Waals surface area contributed by atoms with Gasteiger partial charge >= 0.3 is 0 Å². The lowest BCUT2D eigenvalue weighted by Gasteiger charge is -2.16. The molecule has 7 heteroatoms. The standard InChI is InChI=1S/C14H19N3O3S/c1-9-5-13(21(15,18)19)10(2)11(3)14(9)20-7-12-6-16-8-17(12)4/h5-6,8H,7H2,1-4H3,(H2,15,18,19). The number of nitrogens with two attached hydrogens (primary N) is 1. The van der Waals surface area contributed by atoms with E-state index in [1.807, 2.05) is 18.5 Å². The van der Waals surface area contributed by atoms with Crippen molar-refractivity contribution in [2.24, 2.45) is 12.2 Å². The first-order valence-electron chi connectivity index (χ1n) is 6.43. The van der Waals surface area contributed by atoms with Gasteiger partial charge in [0, 0.05) is 7.05 Å². The third kappa shape index (κ3) is 3.08. The summed E-state index contributed by atoms with van der Waals surface area (Å²) in [5, 5.41) is 5.24. The van der Waals surface area contributed by atoms with Crippen molar-refractivity contribution in [3.8, 4) is 5.75 Å². The first-order chi connectivity index (χ1) is 9.71. The minimum atomic E-state index is -3.73. The van der Waals surface area contributed by atoms with Gasteiger partial charge in [0.05, 0.1) is 23.1 Å². The number of benzene rings is 1. The van der Waals surface area contributed by atoms with Gasteiger partial charge in [0.1, 0.15) is 12.4 Å². The fourth-order valence-electron chi connectivity index (χ4n) is 2.21. The molecular formula is C14H19N3O3S. The van der Waals surface area contributed by atoms with Crippen LogP contribution in [0, 0.1) is 20.8 Å². The quantitative estimate of drug-likeness (QED) is 0.928. The maximum Gasteiger partial charge on any atom is 0.238 e. The fourth-order valence-corrected chi connectivity index (χ4v) is 3.13. The Hall–Kier alpha value is -1.86. The van der Waals surface area contributed by atoms with E-state index in [-0.39, 0.29) is 4.90 Å². The van der Waals surface area contributed by atoms with Crippen LogP contribution in [0.4, 0.5) is 0 Å². The topological polar surface area (TPSA) is 87.2 Å². The van der Waals surface area contributed by atoms with E-state index in [9.17, 15) is 8.42 Å². The Morgan fingerprint density at radius 2 is 1.95 bits per heavy atom. The number of hydrogen-bond acceptors (Lipinski definition) is 4. The lowest BCUT2D eigenvalue weighted by atomic mass is 10.1. The molecule has 2 aromatic rings. The molecule has 0 radical (unpaired) electrons. The molecular weight excluding hydrogens is 290 g/mol. The van der Waals surface area contributed by atoms with Gasteiger partial charge in [0.25, 0.3) is 0 Å². The van der Waals surface area contributed by atoms with Crippen molar-refractivity contribution in [1.82, 2.24) is 9.55 Å². The highest BCUT2D eigenvalue weighted by Crippen LogP contribution is 2.31. The van der Waals surface area contributed by atoms with E-state index in [1.54, 1.807) is 32.4 Å². The molecule has 1 aromatic heterocycles. The lowest BCUT2D eigenvalue weighted by molar-refractivity contribution is 0.292. The second-order valence-corrected chi connectivity index (χ2v) is 6.63. The van der Waals surface area contributed by atoms with Gasteiger partial charge in [-0.05, 0) is 43.5 Å². The Bertz CT molecular complexity index is 779. The second kappa shape index (κ2) is 5.50. The molecule has 0 spiro atoms. The summed E-state index contributed by atoms with van der Waals surface area (Å²) >= 11 is 0. The van der Waals surface area contributed by atoms with Gasteiger partial charge in [-0.15, -0.1) is 0 Å². The Kier molecular flexibility index (Phi) is 4.06. The number of hydrogen-bond donors (Lipinski definition) is 1. The number of imidazole rings is 1. The first kappa shape index (κ1) is 15.5. The van der Waals surface area contributed by atoms with Crippen LogP contribution in [0.1, 0.15) is 22.4 Å². The van der Waals surface area contributed by atoms with E-state index in [0.717, 1.165) is 16.8 Å². The highest BCUT2D eigenvalue weighted by molar-refractivity contribution is 7.89. The zero-order valence-electron chi connectivity index (χ0n) is 12.5. The van der Waals surface area contributed by atoms with Crippen molar-refractivity contribution in [3.63, 3.8) is 0 Å². The van der Waals surface area contributed by atoms with Crippen molar-refractivity contribution in [3.05, 3.63) is 41.0 Å². The van der Waals surface area contributed by atoms with Crippen LogP contribution in [0.3, 0.4) is 0 Å². The highest BCUT2D eigenvalue weighted by Gasteiger charge is 2.18. The third-order valence-corrected chi connectivity index (χ3v) is 4.60. The van der Waals surface area contributed by atoms with Crippen molar-refractivity contribution in [2.75, 3.05) is 0 Å². The molecule has 2 rings (SSSR count). The van der Waals surface area contributed by atoms with Gasteiger partial charge in [-0.25, -0.2) is 18.5 Å². The summed E-state index contributed by atoms with van der Waals surface area (Å²) in [7, 11) is -1.84. The van der Waals surface area contributed by atoms with Crippen LogP contribution < -0.4 is 9.88 Å². The minimum absolute atomic E-state index is 0.144. The number of ether oxygens (including phenoxy) is 1. The highest BCUT2D eigenvalue weighted by atomic mass is 32.2. The average Bonchev–Trinajstić information content (AvgIpc) is 2.78.